The number of nitrogens with two attached hydrogens (primary N) is 2. The molecule has 11 heteroatoms. The summed E-state index contributed by atoms with van der Waals surface area (Å²) >= 11 is 0. The zero-order valence-corrected chi connectivity index (χ0v) is 17.7. The molecule has 0 bridgehead atoms. The molecule has 170 valence electrons. The van der Waals surface area contributed by atoms with Crippen molar-refractivity contribution in [2.24, 2.45) is 17.4 Å². The van der Waals surface area contributed by atoms with Crippen LogP contribution in [0.15, 0.2) is 0 Å². The van der Waals surface area contributed by atoms with Gasteiger partial charge in [-0.1, -0.05) is 13.8 Å². The van der Waals surface area contributed by atoms with Crippen molar-refractivity contribution in [3.8, 4) is 0 Å². The lowest BCUT2D eigenvalue weighted by Crippen LogP contribution is -2.55. The molecule has 1 fully saturated rings. The Morgan fingerprint density at radius 3 is 2.30 bits per heavy atom. The Hall–Kier alpha value is -2.69. The molecule has 1 aliphatic rings. The van der Waals surface area contributed by atoms with E-state index in [-0.39, 0.29) is 24.7 Å². The van der Waals surface area contributed by atoms with Crippen LogP contribution in [0.3, 0.4) is 0 Å². The topological polar surface area (TPSA) is 185 Å². The lowest BCUT2D eigenvalue weighted by Gasteiger charge is -2.28. The average Bonchev–Trinajstić information content (AvgIpc) is 3.12. The molecule has 0 radical (unpaired) electrons. The number of amides is 4. The molecule has 0 aromatic carbocycles. The normalized spacial score (nSPS) is 19.1. The number of rotatable bonds is 11. The van der Waals surface area contributed by atoms with E-state index < -0.39 is 47.9 Å². The smallest absolute Gasteiger partial charge is 0.326 e. The minimum atomic E-state index is -1.31. The van der Waals surface area contributed by atoms with E-state index in [4.69, 9.17) is 11.5 Å². The number of hydrogen-bond donors (Lipinski definition) is 5. The maximum Gasteiger partial charge on any atom is 0.326 e. The Kier molecular flexibility index (Phi) is 9.70. The molecule has 0 spiro atoms. The summed E-state index contributed by atoms with van der Waals surface area (Å²) in [7, 11) is 0. The summed E-state index contributed by atoms with van der Waals surface area (Å²) in [5, 5.41) is 14.0. The summed E-state index contributed by atoms with van der Waals surface area (Å²) < 4.78 is 0. The van der Waals surface area contributed by atoms with Crippen molar-refractivity contribution in [1.29, 1.82) is 0 Å². The molecular formula is C19H33N5O6. The summed E-state index contributed by atoms with van der Waals surface area (Å²) in [6.07, 6.45) is 1.25. The molecule has 11 nitrogen and oxygen atoms in total. The molecule has 1 rings (SSSR count). The van der Waals surface area contributed by atoms with Crippen molar-refractivity contribution in [2.45, 2.75) is 77.0 Å². The molecule has 0 saturated carbocycles. The van der Waals surface area contributed by atoms with Crippen molar-refractivity contribution in [1.82, 2.24) is 15.5 Å². The maximum absolute atomic E-state index is 12.7. The lowest BCUT2D eigenvalue weighted by atomic mass is 10.0. The molecule has 4 amide bonds. The summed E-state index contributed by atoms with van der Waals surface area (Å²) in [5.41, 5.74) is 11.0. The molecule has 4 atom stereocenters. The highest BCUT2D eigenvalue weighted by Gasteiger charge is 2.37. The summed E-state index contributed by atoms with van der Waals surface area (Å²) in [6.45, 7) is 5.73. The zero-order chi connectivity index (χ0) is 23.0. The van der Waals surface area contributed by atoms with Crippen LogP contribution in [0.5, 0.6) is 0 Å². The fraction of sp³-hybridized carbons (Fsp3) is 0.737. The lowest BCUT2D eigenvalue weighted by molar-refractivity contribution is -0.143. The summed E-state index contributed by atoms with van der Waals surface area (Å²) in [5.74, 6) is -3.26. The van der Waals surface area contributed by atoms with Crippen molar-refractivity contribution in [3.63, 3.8) is 0 Å². The average molecular weight is 428 g/mol. The van der Waals surface area contributed by atoms with Gasteiger partial charge >= 0.3 is 5.97 Å². The Bertz CT molecular complexity index is 668. The Balaban J connectivity index is 2.68. The van der Waals surface area contributed by atoms with Gasteiger partial charge in [0.2, 0.25) is 23.6 Å². The Morgan fingerprint density at radius 1 is 1.13 bits per heavy atom. The van der Waals surface area contributed by atoms with Gasteiger partial charge in [0.05, 0.1) is 6.04 Å². The number of carbonyl (C=O) groups is 5. The summed E-state index contributed by atoms with van der Waals surface area (Å²) in [4.78, 5) is 61.1. The van der Waals surface area contributed by atoms with Crippen LogP contribution in [0.4, 0.5) is 0 Å². The number of aliphatic carboxylic acids is 1. The van der Waals surface area contributed by atoms with Crippen molar-refractivity contribution in [3.05, 3.63) is 0 Å². The Morgan fingerprint density at radius 2 is 1.77 bits per heavy atom. The molecule has 0 aliphatic carbocycles. The molecular weight excluding hydrogens is 394 g/mol. The van der Waals surface area contributed by atoms with E-state index in [1.807, 2.05) is 13.8 Å². The Labute approximate surface area is 175 Å². The second kappa shape index (κ2) is 11.5. The van der Waals surface area contributed by atoms with Crippen LogP contribution in [0.1, 0.15) is 52.9 Å². The van der Waals surface area contributed by atoms with Gasteiger partial charge in [-0.05, 0) is 38.5 Å². The van der Waals surface area contributed by atoms with Gasteiger partial charge in [-0.25, -0.2) is 4.79 Å². The van der Waals surface area contributed by atoms with Crippen molar-refractivity contribution < 1.29 is 29.1 Å². The van der Waals surface area contributed by atoms with E-state index >= 15 is 0 Å². The number of carbonyl (C=O) groups excluding carboxylic acids is 4. The number of nitrogens with one attached hydrogen (secondary N) is 2. The van der Waals surface area contributed by atoms with Gasteiger partial charge in [-0.3, -0.25) is 19.2 Å². The second-order valence-corrected chi connectivity index (χ2v) is 8.06. The highest BCUT2D eigenvalue weighted by molar-refractivity contribution is 5.94. The first-order valence-corrected chi connectivity index (χ1v) is 10.1. The number of carboxylic acids is 1. The standard InChI is InChI=1S/C19H33N5O6/c1-10(2)9-12(20)18(28)24-8-4-5-14(24)17(27)22-11(3)16(26)23-13(19(29)30)6-7-15(21)25/h10-14H,4-9,20H2,1-3H3,(H2,21,25)(H,22,27)(H,23,26)(H,29,30). The molecule has 30 heavy (non-hydrogen) atoms. The first kappa shape index (κ1) is 25.3. The third-order valence-corrected chi connectivity index (χ3v) is 4.93. The van der Waals surface area contributed by atoms with E-state index in [0.29, 0.717) is 25.8 Å². The number of carboxylic acid groups (broad SMARTS) is 1. The third kappa shape index (κ3) is 7.62. The van der Waals surface area contributed by atoms with Gasteiger partial charge in [0, 0.05) is 13.0 Å². The molecule has 7 N–H and O–H groups in total. The van der Waals surface area contributed by atoms with Gasteiger partial charge in [-0.2, -0.15) is 0 Å². The highest BCUT2D eigenvalue weighted by atomic mass is 16.4. The van der Waals surface area contributed by atoms with Crippen LogP contribution in [0.2, 0.25) is 0 Å². The van der Waals surface area contributed by atoms with Crippen LogP contribution in [0.25, 0.3) is 0 Å². The highest BCUT2D eigenvalue weighted by Crippen LogP contribution is 2.20. The fourth-order valence-electron chi connectivity index (χ4n) is 3.34. The van der Waals surface area contributed by atoms with Crippen molar-refractivity contribution >= 4 is 29.6 Å². The minimum Gasteiger partial charge on any atom is -0.480 e. The molecule has 1 heterocycles. The quantitative estimate of drug-likeness (QED) is 0.271. The summed E-state index contributed by atoms with van der Waals surface area (Å²) in [6, 6.07) is -3.76. The van der Waals surface area contributed by atoms with Crippen LogP contribution in [-0.2, 0) is 24.0 Å². The fourth-order valence-corrected chi connectivity index (χ4v) is 3.34. The van der Waals surface area contributed by atoms with Crippen molar-refractivity contribution in [2.75, 3.05) is 6.54 Å². The van der Waals surface area contributed by atoms with Crippen LogP contribution in [-0.4, -0.2) is 70.3 Å². The van der Waals surface area contributed by atoms with Gasteiger partial charge < -0.3 is 32.1 Å². The van der Waals surface area contributed by atoms with E-state index in [0.717, 1.165) is 0 Å². The van der Waals surface area contributed by atoms with Crippen LogP contribution in [0, 0.1) is 5.92 Å². The number of primary amides is 1. The first-order chi connectivity index (χ1) is 13.9. The first-order valence-electron chi connectivity index (χ1n) is 10.1. The van der Waals surface area contributed by atoms with Crippen LogP contribution < -0.4 is 22.1 Å². The SMILES string of the molecule is CC(C)CC(N)C(=O)N1CCCC1C(=O)NC(C)C(=O)NC(CCC(N)=O)C(=O)O. The third-order valence-electron chi connectivity index (χ3n) is 4.93. The molecule has 0 aromatic rings. The monoisotopic (exact) mass is 427 g/mol. The largest absolute Gasteiger partial charge is 0.480 e. The van der Waals surface area contributed by atoms with Gasteiger partial charge in [0.1, 0.15) is 18.1 Å². The minimum absolute atomic E-state index is 0.157. The van der Waals surface area contributed by atoms with Gasteiger partial charge in [0.15, 0.2) is 0 Å². The number of likely N-dealkylation sites (tertiary alicyclic amines) is 1. The number of nitrogens with zero attached hydrogens (tertiary/aromatic N) is 1. The molecule has 0 aromatic heterocycles. The van der Waals surface area contributed by atoms with E-state index in [9.17, 15) is 29.1 Å². The molecule has 1 aliphatic heterocycles. The van der Waals surface area contributed by atoms with E-state index in [2.05, 4.69) is 10.6 Å². The second-order valence-electron chi connectivity index (χ2n) is 8.06. The predicted molar refractivity (Wildman–Crippen MR) is 108 cm³/mol. The maximum atomic E-state index is 12.7. The number of hydrogen-bond acceptors (Lipinski definition) is 6. The zero-order valence-electron chi connectivity index (χ0n) is 17.7. The molecule has 4 unspecified atom stereocenters. The van der Waals surface area contributed by atoms with Gasteiger partial charge in [0.25, 0.3) is 0 Å². The van der Waals surface area contributed by atoms with E-state index in [1.165, 1.54) is 11.8 Å². The van der Waals surface area contributed by atoms with Crippen LogP contribution >= 0.6 is 0 Å². The predicted octanol–water partition coefficient (Wildman–Crippen LogP) is -1.31. The van der Waals surface area contributed by atoms with E-state index in [1.54, 1.807) is 0 Å². The van der Waals surface area contributed by atoms with Gasteiger partial charge in [-0.15, -0.1) is 0 Å². The molecule has 1 saturated heterocycles.